The van der Waals surface area contributed by atoms with E-state index in [0.29, 0.717) is 25.4 Å². The molecule has 5 aliphatic carbocycles. The molecule has 3 saturated carbocycles. The van der Waals surface area contributed by atoms with Crippen molar-refractivity contribution in [2.75, 3.05) is 39.5 Å². The maximum Gasteiger partial charge on any atom is 0.336 e. The van der Waals surface area contributed by atoms with Gasteiger partial charge in [0, 0.05) is 31.0 Å². The van der Waals surface area contributed by atoms with Gasteiger partial charge in [-0.2, -0.15) is 8.78 Å². The molecule has 0 unspecified atom stereocenters. The van der Waals surface area contributed by atoms with Crippen LogP contribution in [0, 0.1) is 29.6 Å². The summed E-state index contributed by atoms with van der Waals surface area (Å²) >= 11 is 0. The average Bonchev–Trinajstić information content (AvgIpc) is 3.84. The molecule has 0 amide bonds. The Morgan fingerprint density at radius 2 is 1.84 bits per heavy atom. The van der Waals surface area contributed by atoms with E-state index in [0.717, 1.165) is 64.2 Å². The molecular weight excluding hydrogens is 546 g/mol. The molecule has 0 bridgehead atoms. The second kappa shape index (κ2) is 11.1. The minimum Gasteiger partial charge on any atom is -0.394 e. The number of allylic oxidation sites excluding steroid dienone is 4. The first-order valence-electron chi connectivity index (χ1n) is 16.3. The highest BCUT2D eigenvalue weighted by atomic mass is 19.3. The van der Waals surface area contributed by atoms with Crippen molar-refractivity contribution in [1.82, 2.24) is 4.90 Å². The molecule has 0 radical (unpaired) electrons. The van der Waals surface area contributed by atoms with Gasteiger partial charge in [0.1, 0.15) is 12.2 Å². The zero-order chi connectivity index (χ0) is 29.8. The van der Waals surface area contributed by atoms with Gasteiger partial charge < -0.3 is 14.7 Å². The van der Waals surface area contributed by atoms with Gasteiger partial charge in [-0.05, 0) is 110 Å². The third-order valence-electron chi connectivity index (χ3n) is 11.8. The lowest BCUT2D eigenvalue weighted by Crippen LogP contribution is -2.60. The Bertz CT molecular complexity index is 1370. The number of alkyl halides is 2. The summed E-state index contributed by atoms with van der Waals surface area (Å²) in [5, 5.41) is 16.3. The van der Waals surface area contributed by atoms with Gasteiger partial charge in [-0.3, -0.25) is 4.90 Å². The van der Waals surface area contributed by atoms with E-state index in [9.17, 15) is 5.11 Å². The van der Waals surface area contributed by atoms with Crippen molar-refractivity contribution in [3.8, 4) is 12.3 Å². The number of terminal acetylenes is 1. The fourth-order valence-electron chi connectivity index (χ4n) is 9.22. The number of fused-ring (bicyclic) bond motifs is 4. The van der Waals surface area contributed by atoms with Crippen LogP contribution in [-0.2, 0) is 9.57 Å². The van der Waals surface area contributed by atoms with Crippen molar-refractivity contribution in [2.45, 2.75) is 88.1 Å². The zero-order valence-corrected chi connectivity index (χ0v) is 25.3. The Hall–Kier alpha value is -2.53. The van der Waals surface area contributed by atoms with Crippen molar-refractivity contribution in [1.29, 1.82) is 0 Å². The number of benzene rings is 1. The van der Waals surface area contributed by atoms with Crippen molar-refractivity contribution >= 4 is 5.71 Å². The number of ether oxygens (including phenoxy) is 1. The molecule has 1 aromatic rings. The summed E-state index contributed by atoms with van der Waals surface area (Å²) in [6.45, 7) is 6.73. The number of hydrogen-bond acceptors (Lipinski definition) is 5. The summed E-state index contributed by atoms with van der Waals surface area (Å²) in [7, 11) is 0. The van der Waals surface area contributed by atoms with Gasteiger partial charge in [0.05, 0.1) is 18.9 Å². The molecule has 1 heterocycles. The summed E-state index contributed by atoms with van der Waals surface area (Å²) in [6.07, 6.45) is 14.6. The van der Waals surface area contributed by atoms with E-state index in [1.165, 1.54) is 40.7 Å². The lowest BCUT2D eigenvalue weighted by atomic mass is 9.50. The highest BCUT2D eigenvalue weighted by Crippen LogP contribution is 2.69. The third-order valence-corrected chi connectivity index (χ3v) is 11.8. The molecule has 5 nitrogen and oxygen atoms in total. The molecule has 43 heavy (non-hydrogen) atoms. The first-order chi connectivity index (χ1) is 20.7. The summed E-state index contributed by atoms with van der Waals surface area (Å²) in [5.74, 6) is -1.12. The van der Waals surface area contributed by atoms with E-state index in [1.807, 2.05) is 6.92 Å². The van der Waals surface area contributed by atoms with Crippen LogP contribution in [0.5, 0.6) is 0 Å². The smallest absolute Gasteiger partial charge is 0.336 e. The number of nitrogens with zero attached hydrogens (tertiary/aromatic N) is 2. The van der Waals surface area contributed by atoms with Gasteiger partial charge in [-0.15, -0.1) is 6.42 Å². The van der Waals surface area contributed by atoms with Crippen LogP contribution in [0.4, 0.5) is 8.78 Å². The Morgan fingerprint density at radius 1 is 1.09 bits per heavy atom. The van der Waals surface area contributed by atoms with Crippen LogP contribution < -0.4 is 0 Å². The molecule has 7 heteroatoms. The second-order valence-electron chi connectivity index (χ2n) is 14.0. The van der Waals surface area contributed by atoms with Crippen LogP contribution in [-0.4, -0.2) is 66.7 Å². The predicted molar refractivity (Wildman–Crippen MR) is 163 cm³/mol. The van der Waals surface area contributed by atoms with Crippen molar-refractivity contribution in [3.63, 3.8) is 0 Å². The third kappa shape index (κ3) is 4.98. The Morgan fingerprint density at radius 3 is 2.56 bits per heavy atom. The van der Waals surface area contributed by atoms with E-state index >= 15 is 8.78 Å². The lowest BCUT2D eigenvalue weighted by Gasteiger charge is -2.55. The molecule has 230 valence electrons. The zero-order valence-electron chi connectivity index (χ0n) is 25.3. The first-order valence-corrected chi connectivity index (χ1v) is 16.3. The number of halogens is 2. The highest BCUT2D eigenvalue weighted by molar-refractivity contribution is 5.97. The molecule has 0 spiro atoms. The van der Waals surface area contributed by atoms with Crippen LogP contribution >= 0.6 is 0 Å². The number of hydrogen-bond donors (Lipinski definition) is 1. The molecule has 5 atom stereocenters. The lowest BCUT2D eigenvalue weighted by molar-refractivity contribution is -0.209. The largest absolute Gasteiger partial charge is 0.394 e. The maximum absolute atomic E-state index is 15.4. The van der Waals surface area contributed by atoms with Gasteiger partial charge in [0.2, 0.25) is 0 Å². The first kappa shape index (κ1) is 29.2. The summed E-state index contributed by atoms with van der Waals surface area (Å²) < 4.78 is 36.2. The number of aliphatic hydroxyl groups is 1. The van der Waals surface area contributed by atoms with E-state index in [2.05, 4.69) is 40.4 Å². The molecule has 1 aliphatic heterocycles. The van der Waals surface area contributed by atoms with Gasteiger partial charge >= 0.3 is 5.92 Å². The number of rotatable bonds is 7. The molecule has 1 saturated heterocycles. The van der Waals surface area contributed by atoms with Gasteiger partial charge in [0.25, 0.3) is 0 Å². The molecule has 0 aromatic heterocycles. The fourth-order valence-corrected chi connectivity index (χ4v) is 9.22. The Kier molecular flexibility index (Phi) is 7.55. The van der Waals surface area contributed by atoms with Crippen LogP contribution in [0.15, 0.2) is 52.2 Å². The minimum absolute atomic E-state index is 0.0265. The summed E-state index contributed by atoms with van der Waals surface area (Å²) in [5.41, 5.74) is 4.46. The molecule has 6 aliphatic rings. The van der Waals surface area contributed by atoms with Crippen LogP contribution in [0.3, 0.4) is 0 Å². The van der Waals surface area contributed by atoms with Crippen molar-refractivity contribution in [2.24, 2.45) is 22.4 Å². The summed E-state index contributed by atoms with van der Waals surface area (Å²) in [6, 6.07) is 8.90. The molecule has 4 fully saturated rings. The summed E-state index contributed by atoms with van der Waals surface area (Å²) in [4.78, 5) is 8.09. The van der Waals surface area contributed by atoms with Gasteiger partial charge in [0.15, 0.2) is 0 Å². The van der Waals surface area contributed by atoms with Crippen molar-refractivity contribution in [3.05, 3.63) is 58.2 Å². The van der Waals surface area contributed by atoms with Crippen LogP contribution in [0.25, 0.3) is 0 Å². The second-order valence-corrected chi connectivity index (χ2v) is 14.0. The Labute approximate surface area is 254 Å². The van der Waals surface area contributed by atoms with Crippen molar-refractivity contribution < 1.29 is 23.5 Å². The van der Waals surface area contributed by atoms with Crippen LogP contribution in [0.1, 0.15) is 87.7 Å². The number of oxime groups is 1. The average molecular weight is 591 g/mol. The highest BCUT2D eigenvalue weighted by Gasteiger charge is 2.71. The quantitative estimate of drug-likeness (QED) is 0.221. The van der Waals surface area contributed by atoms with E-state index in [4.69, 9.17) is 16.0 Å². The van der Waals surface area contributed by atoms with E-state index in [-0.39, 0.29) is 24.2 Å². The monoisotopic (exact) mass is 590 g/mol. The van der Waals surface area contributed by atoms with Gasteiger partial charge in [-0.25, -0.2) is 0 Å². The molecule has 7 rings (SSSR count). The SMILES string of the molecule is C#CC(F)(F)[C@]1(O)CC[C@H]2[C@@H]3CCC4=C/C(=N/OCCN5CCOCC5)CCC4=C3[C@@H](c3ccc(C4CC4)cc3)C[C@@]21C. The van der Waals surface area contributed by atoms with E-state index < -0.39 is 16.9 Å². The van der Waals surface area contributed by atoms with E-state index in [1.54, 1.807) is 5.92 Å². The molecule has 1 N–H and O–H groups in total. The standard InChI is InChI=1S/C36H44F2N2O3/c1-3-36(37,38)35(41)15-14-32-30-12-10-27-22-28(39-43-21-18-40-16-19-42-20-17-40)11-13-29(27)33(30)31(23-34(32,35)2)26-8-6-25(7-9-26)24-4-5-24/h1,6-9,22,24,30-32,41H,4-5,10-21,23H2,2H3/b39-28+/t30-,31+,32-,34-,35-/m0/s1. The molecular formula is C36H44F2N2O3. The fraction of sp³-hybridized carbons (Fsp3) is 0.639. The Balaban J connectivity index is 1.20. The normalized spacial score (nSPS) is 35.6. The molecule has 1 aromatic carbocycles. The predicted octanol–water partition coefficient (Wildman–Crippen LogP) is 6.60. The van der Waals surface area contributed by atoms with Gasteiger partial charge in [-0.1, -0.05) is 41.9 Å². The number of morpholine rings is 1. The maximum atomic E-state index is 15.4. The topological polar surface area (TPSA) is 54.3 Å². The minimum atomic E-state index is -3.57. The van der Waals surface area contributed by atoms with Crippen LogP contribution in [0.2, 0.25) is 0 Å².